The zero-order valence-electron chi connectivity index (χ0n) is 12.4. The zero-order valence-corrected chi connectivity index (χ0v) is 14.0. The van der Waals surface area contributed by atoms with Gasteiger partial charge in [-0.25, -0.2) is 9.97 Å². The lowest BCUT2D eigenvalue weighted by Crippen LogP contribution is -2.14. The van der Waals surface area contributed by atoms with E-state index in [0.717, 1.165) is 21.5 Å². The van der Waals surface area contributed by atoms with E-state index in [1.54, 1.807) is 12.1 Å². The number of aryl methyl sites for hydroxylation is 1. The second kappa shape index (κ2) is 6.98. The van der Waals surface area contributed by atoms with Gasteiger partial charge < -0.3 is 5.32 Å². The average molecular weight is 344 g/mol. The van der Waals surface area contributed by atoms with Crippen LogP contribution in [0.2, 0.25) is 5.02 Å². The number of nitrogens with zero attached hydrogens (tertiary/aromatic N) is 2. The first-order valence-electron chi connectivity index (χ1n) is 7.02. The number of anilines is 1. The maximum absolute atomic E-state index is 12.0. The van der Waals surface area contributed by atoms with Gasteiger partial charge in [-0.1, -0.05) is 41.6 Å². The van der Waals surface area contributed by atoms with Crippen molar-refractivity contribution < 1.29 is 4.79 Å². The third-order valence-corrected chi connectivity index (χ3v) is 4.38. The molecule has 0 saturated heterocycles. The fourth-order valence-electron chi connectivity index (χ4n) is 2.16. The summed E-state index contributed by atoms with van der Waals surface area (Å²) in [6.07, 6.45) is 1.50. The molecular formula is C17H14ClN3OS. The molecule has 6 heteroatoms. The van der Waals surface area contributed by atoms with Crippen molar-refractivity contribution >= 4 is 46.0 Å². The van der Waals surface area contributed by atoms with Crippen molar-refractivity contribution in [1.29, 1.82) is 0 Å². The van der Waals surface area contributed by atoms with Crippen molar-refractivity contribution in [1.82, 2.24) is 9.97 Å². The van der Waals surface area contributed by atoms with Crippen LogP contribution in [0.1, 0.15) is 5.56 Å². The van der Waals surface area contributed by atoms with Gasteiger partial charge in [0.1, 0.15) is 5.82 Å². The summed E-state index contributed by atoms with van der Waals surface area (Å²) in [5.41, 5.74) is 2.09. The van der Waals surface area contributed by atoms with Gasteiger partial charge in [0.05, 0.1) is 21.3 Å². The zero-order chi connectivity index (χ0) is 16.2. The molecule has 3 aromatic rings. The van der Waals surface area contributed by atoms with E-state index in [4.69, 9.17) is 11.6 Å². The van der Waals surface area contributed by atoms with E-state index in [9.17, 15) is 4.79 Å². The number of fused-ring (bicyclic) bond motifs is 1. The molecule has 1 amide bonds. The van der Waals surface area contributed by atoms with Crippen LogP contribution in [0, 0.1) is 6.92 Å². The van der Waals surface area contributed by atoms with Crippen LogP contribution in [0.15, 0.2) is 53.7 Å². The lowest BCUT2D eigenvalue weighted by molar-refractivity contribution is -0.113. The van der Waals surface area contributed by atoms with Crippen LogP contribution in [-0.2, 0) is 4.79 Å². The van der Waals surface area contributed by atoms with Crippen LogP contribution in [0.4, 0.5) is 5.82 Å². The predicted molar refractivity (Wildman–Crippen MR) is 95.1 cm³/mol. The lowest BCUT2D eigenvalue weighted by Gasteiger charge is -2.07. The number of para-hydroxylation sites is 1. The summed E-state index contributed by atoms with van der Waals surface area (Å²) in [6, 6.07) is 13.3. The highest BCUT2D eigenvalue weighted by molar-refractivity contribution is 7.99. The maximum atomic E-state index is 12.0. The quantitative estimate of drug-likeness (QED) is 0.717. The number of amides is 1. The molecular weight excluding hydrogens is 330 g/mol. The molecule has 0 atom stereocenters. The number of carbonyl (C=O) groups is 1. The minimum Gasteiger partial charge on any atom is -0.310 e. The SMILES string of the molecule is Cc1cc(SCC(=O)Nc2ccc(Cl)cn2)nc2ccccc12. The summed E-state index contributed by atoms with van der Waals surface area (Å²) in [6.45, 7) is 2.05. The Morgan fingerprint density at radius 3 is 2.87 bits per heavy atom. The molecule has 23 heavy (non-hydrogen) atoms. The van der Waals surface area contributed by atoms with Crippen molar-refractivity contribution in [2.45, 2.75) is 11.9 Å². The summed E-state index contributed by atoms with van der Waals surface area (Å²) in [4.78, 5) is 20.6. The minimum absolute atomic E-state index is 0.127. The number of pyridine rings is 2. The van der Waals surface area contributed by atoms with Crippen LogP contribution in [0.3, 0.4) is 0 Å². The van der Waals surface area contributed by atoms with Gasteiger partial charge in [0.15, 0.2) is 0 Å². The number of rotatable bonds is 4. The van der Waals surface area contributed by atoms with Crippen molar-refractivity contribution in [3.63, 3.8) is 0 Å². The number of benzene rings is 1. The second-order valence-corrected chi connectivity index (χ2v) is 6.43. The lowest BCUT2D eigenvalue weighted by atomic mass is 10.1. The van der Waals surface area contributed by atoms with E-state index >= 15 is 0 Å². The second-order valence-electron chi connectivity index (χ2n) is 4.99. The number of thioether (sulfide) groups is 1. The van der Waals surface area contributed by atoms with Crippen molar-refractivity contribution in [2.24, 2.45) is 0 Å². The van der Waals surface area contributed by atoms with E-state index in [1.807, 2.05) is 37.3 Å². The molecule has 0 fully saturated rings. The normalized spacial score (nSPS) is 10.7. The molecule has 0 aliphatic carbocycles. The van der Waals surface area contributed by atoms with Crippen molar-refractivity contribution in [3.8, 4) is 0 Å². The number of hydrogen-bond acceptors (Lipinski definition) is 4. The van der Waals surface area contributed by atoms with Gasteiger partial charge in [-0.2, -0.15) is 0 Å². The molecule has 0 aliphatic heterocycles. The fraction of sp³-hybridized carbons (Fsp3) is 0.118. The highest BCUT2D eigenvalue weighted by Crippen LogP contribution is 2.23. The Morgan fingerprint density at radius 2 is 2.09 bits per heavy atom. The molecule has 0 unspecified atom stereocenters. The Hall–Kier alpha value is -2.11. The molecule has 0 aliphatic rings. The maximum Gasteiger partial charge on any atom is 0.235 e. The summed E-state index contributed by atoms with van der Waals surface area (Å²) in [5.74, 6) is 0.634. The Balaban J connectivity index is 1.66. The molecule has 2 heterocycles. The predicted octanol–water partition coefficient (Wildman–Crippen LogP) is 4.32. The molecule has 2 aromatic heterocycles. The van der Waals surface area contributed by atoms with Gasteiger partial charge >= 0.3 is 0 Å². The summed E-state index contributed by atoms with van der Waals surface area (Å²) >= 11 is 7.17. The molecule has 1 N–H and O–H groups in total. The fourth-order valence-corrected chi connectivity index (χ4v) is 3.05. The Labute approximate surface area is 143 Å². The van der Waals surface area contributed by atoms with Gasteiger partial charge in [-0.15, -0.1) is 0 Å². The molecule has 0 spiro atoms. The minimum atomic E-state index is -0.127. The number of hydrogen-bond donors (Lipinski definition) is 1. The van der Waals surface area contributed by atoms with E-state index in [0.29, 0.717) is 10.8 Å². The topological polar surface area (TPSA) is 54.9 Å². The van der Waals surface area contributed by atoms with Gasteiger partial charge in [0.25, 0.3) is 0 Å². The van der Waals surface area contributed by atoms with Crippen molar-refractivity contribution in [2.75, 3.05) is 11.1 Å². The molecule has 0 saturated carbocycles. The number of halogens is 1. The number of nitrogens with one attached hydrogen (secondary N) is 1. The Bertz CT molecular complexity index is 852. The highest BCUT2D eigenvalue weighted by atomic mass is 35.5. The van der Waals surface area contributed by atoms with E-state index < -0.39 is 0 Å². The van der Waals surface area contributed by atoms with E-state index in [2.05, 4.69) is 15.3 Å². The first-order chi connectivity index (χ1) is 11.1. The van der Waals surface area contributed by atoms with Crippen LogP contribution >= 0.6 is 23.4 Å². The molecule has 3 rings (SSSR count). The van der Waals surface area contributed by atoms with Crippen LogP contribution in [-0.4, -0.2) is 21.6 Å². The van der Waals surface area contributed by atoms with Gasteiger partial charge in [0, 0.05) is 11.6 Å². The van der Waals surface area contributed by atoms with Gasteiger partial charge in [-0.3, -0.25) is 4.79 Å². The standard InChI is InChI=1S/C17H14ClN3OS/c1-11-8-17(20-14-5-3-2-4-13(11)14)23-10-16(22)21-15-7-6-12(18)9-19-15/h2-9H,10H2,1H3,(H,19,21,22). The third kappa shape index (κ3) is 4.00. The average Bonchev–Trinajstić information content (AvgIpc) is 2.55. The Morgan fingerprint density at radius 1 is 1.26 bits per heavy atom. The van der Waals surface area contributed by atoms with Crippen LogP contribution in [0.25, 0.3) is 10.9 Å². The number of aromatic nitrogens is 2. The monoisotopic (exact) mass is 343 g/mol. The third-order valence-electron chi connectivity index (χ3n) is 3.25. The molecule has 0 radical (unpaired) electrons. The van der Waals surface area contributed by atoms with Crippen LogP contribution < -0.4 is 5.32 Å². The summed E-state index contributed by atoms with van der Waals surface area (Å²) in [7, 11) is 0. The van der Waals surface area contributed by atoms with E-state index in [-0.39, 0.29) is 11.7 Å². The smallest absolute Gasteiger partial charge is 0.235 e. The van der Waals surface area contributed by atoms with Crippen molar-refractivity contribution in [3.05, 3.63) is 59.2 Å². The largest absolute Gasteiger partial charge is 0.310 e. The molecule has 116 valence electrons. The van der Waals surface area contributed by atoms with Gasteiger partial charge in [-0.05, 0) is 36.8 Å². The van der Waals surface area contributed by atoms with E-state index in [1.165, 1.54) is 18.0 Å². The first kappa shape index (κ1) is 15.8. The highest BCUT2D eigenvalue weighted by Gasteiger charge is 2.07. The first-order valence-corrected chi connectivity index (χ1v) is 8.39. The molecule has 4 nitrogen and oxygen atoms in total. The van der Waals surface area contributed by atoms with Crippen LogP contribution in [0.5, 0.6) is 0 Å². The Kier molecular flexibility index (Phi) is 4.79. The summed E-state index contributed by atoms with van der Waals surface area (Å²) < 4.78 is 0. The molecule has 1 aromatic carbocycles. The van der Waals surface area contributed by atoms with Gasteiger partial charge in [0.2, 0.25) is 5.91 Å². The molecule has 0 bridgehead atoms. The number of carbonyl (C=O) groups excluding carboxylic acids is 1. The summed E-state index contributed by atoms with van der Waals surface area (Å²) in [5, 5.41) is 5.23.